The van der Waals surface area contributed by atoms with Crippen molar-refractivity contribution in [2.75, 3.05) is 18.0 Å². The Morgan fingerprint density at radius 3 is 2.44 bits per heavy atom. The standard InChI is InChI=1S/C14H19NO/c1-10-4-5-14(13(6-10)9-16)15-7-11(2)12(3)8-15/h4-6,9,11-12H,7-8H2,1-3H3. The van der Waals surface area contributed by atoms with Crippen LogP contribution in [0, 0.1) is 18.8 Å². The van der Waals surface area contributed by atoms with Crippen molar-refractivity contribution in [3.63, 3.8) is 0 Å². The van der Waals surface area contributed by atoms with E-state index in [9.17, 15) is 4.79 Å². The zero-order chi connectivity index (χ0) is 11.7. The van der Waals surface area contributed by atoms with E-state index in [1.807, 2.05) is 13.0 Å². The van der Waals surface area contributed by atoms with E-state index in [0.717, 1.165) is 36.2 Å². The average molecular weight is 217 g/mol. The molecule has 1 aromatic rings. The molecular formula is C14H19NO. The first-order valence-electron chi connectivity index (χ1n) is 5.92. The summed E-state index contributed by atoms with van der Waals surface area (Å²) in [4.78, 5) is 13.4. The molecule has 1 fully saturated rings. The predicted octanol–water partition coefficient (Wildman–Crippen LogP) is 2.90. The number of hydrogen-bond donors (Lipinski definition) is 0. The molecule has 2 heteroatoms. The van der Waals surface area contributed by atoms with E-state index < -0.39 is 0 Å². The molecule has 0 radical (unpaired) electrons. The summed E-state index contributed by atoms with van der Waals surface area (Å²) in [6.45, 7) is 8.70. The van der Waals surface area contributed by atoms with Gasteiger partial charge in [0.25, 0.3) is 0 Å². The van der Waals surface area contributed by atoms with Crippen LogP contribution in [0.25, 0.3) is 0 Å². The average Bonchev–Trinajstić information content (AvgIpc) is 2.59. The lowest BCUT2D eigenvalue weighted by Crippen LogP contribution is -2.21. The Labute approximate surface area is 97.3 Å². The highest BCUT2D eigenvalue weighted by Crippen LogP contribution is 2.29. The number of nitrogens with zero attached hydrogens (tertiary/aromatic N) is 1. The zero-order valence-electron chi connectivity index (χ0n) is 10.2. The fourth-order valence-corrected chi connectivity index (χ4v) is 2.38. The second-order valence-corrected chi connectivity index (χ2v) is 5.04. The molecular weight excluding hydrogens is 198 g/mol. The summed E-state index contributed by atoms with van der Waals surface area (Å²) >= 11 is 0. The van der Waals surface area contributed by atoms with E-state index in [-0.39, 0.29) is 0 Å². The quantitative estimate of drug-likeness (QED) is 0.710. The molecule has 0 N–H and O–H groups in total. The molecule has 2 unspecified atom stereocenters. The molecule has 1 aliphatic rings. The van der Waals surface area contributed by atoms with Crippen LogP contribution < -0.4 is 4.90 Å². The van der Waals surface area contributed by atoms with Gasteiger partial charge in [-0.1, -0.05) is 25.5 Å². The summed E-state index contributed by atoms with van der Waals surface area (Å²) in [6, 6.07) is 6.12. The van der Waals surface area contributed by atoms with Crippen LogP contribution in [-0.2, 0) is 0 Å². The van der Waals surface area contributed by atoms with Crippen LogP contribution in [0.2, 0.25) is 0 Å². The van der Waals surface area contributed by atoms with Gasteiger partial charge in [0.1, 0.15) is 0 Å². The fraction of sp³-hybridized carbons (Fsp3) is 0.500. The smallest absolute Gasteiger partial charge is 0.152 e. The molecule has 1 saturated heterocycles. The van der Waals surface area contributed by atoms with Crippen LogP contribution in [-0.4, -0.2) is 19.4 Å². The van der Waals surface area contributed by atoms with Gasteiger partial charge in [-0.15, -0.1) is 0 Å². The molecule has 2 nitrogen and oxygen atoms in total. The Bertz CT molecular complexity index is 390. The van der Waals surface area contributed by atoms with E-state index >= 15 is 0 Å². The molecule has 16 heavy (non-hydrogen) atoms. The van der Waals surface area contributed by atoms with Gasteiger partial charge in [-0.05, 0) is 30.9 Å². The topological polar surface area (TPSA) is 20.3 Å². The Morgan fingerprint density at radius 1 is 1.25 bits per heavy atom. The lowest BCUT2D eigenvalue weighted by Gasteiger charge is -2.20. The fourth-order valence-electron chi connectivity index (χ4n) is 2.38. The first-order valence-corrected chi connectivity index (χ1v) is 5.92. The molecule has 0 amide bonds. The van der Waals surface area contributed by atoms with E-state index in [4.69, 9.17) is 0 Å². The SMILES string of the molecule is Cc1ccc(N2CC(C)C(C)C2)c(C=O)c1. The Hall–Kier alpha value is -1.31. The van der Waals surface area contributed by atoms with Gasteiger partial charge in [0.2, 0.25) is 0 Å². The van der Waals surface area contributed by atoms with Crippen LogP contribution in [0.15, 0.2) is 18.2 Å². The Kier molecular flexibility index (Phi) is 2.99. The Morgan fingerprint density at radius 2 is 1.88 bits per heavy atom. The van der Waals surface area contributed by atoms with Crippen molar-refractivity contribution in [1.82, 2.24) is 0 Å². The predicted molar refractivity (Wildman–Crippen MR) is 67.1 cm³/mol. The van der Waals surface area contributed by atoms with Crippen molar-refractivity contribution in [3.05, 3.63) is 29.3 Å². The van der Waals surface area contributed by atoms with Gasteiger partial charge in [-0.2, -0.15) is 0 Å². The molecule has 1 aromatic carbocycles. The van der Waals surface area contributed by atoms with Crippen LogP contribution in [0.1, 0.15) is 29.8 Å². The molecule has 1 aliphatic heterocycles. The van der Waals surface area contributed by atoms with Crippen molar-refractivity contribution in [1.29, 1.82) is 0 Å². The van der Waals surface area contributed by atoms with Gasteiger partial charge in [-0.25, -0.2) is 0 Å². The van der Waals surface area contributed by atoms with Crippen molar-refractivity contribution in [2.45, 2.75) is 20.8 Å². The number of aryl methyl sites for hydroxylation is 1. The molecule has 0 spiro atoms. The number of rotatable bonds is 2. The molecule has 0 saturated carbocycles. The molecule has 2 atom stereocenters. The summed E-state index contributed by atoms with van der Waals surface area (Å²) in [5, 5.41) is 0. The first kappa shape index (κ1) is 11.2. The third-order valence-electron chi connectivity index (χ3n) is 3.64. The van der Waals surface area contributed by atoms with Crippen molar-refractivity contribution >= 4 is 12.0 Å². The molecule has 86 valence electrons. The van der Waals surface area contributed by atoms with Gasteiger partial charge >= 0.3 is 0 Å². The molecule has 1 heterocycles. The van der Waals surface area contributed by atoms with Gasteiger partial charge in [0, 0.05) is 24.3 Å². The summed E-state index contributed by atoms with van der Waals surface area (Å²) < 4.78 is 0. The normalized spacial score (nSPS) is 24.8. The highest BCUT2D eigenvalue weighted by Gasteiger charge is 2.27. The monoisotopic (exact) mass is 217 g/mol. The second-order valence-electron chi connectivity index (χ2n) is 5.04. The van der Waals surface area contributed by atoms with Gasteiger partial charge in [0.05, 0.1) is 0 Å². The number of anilines is 1. The lowest BCUT2D eigenvalue weighted by atomic mass is 10.0. The number of hydrogen-bond acceptors (Lipinski definition) is 2. The summed E-state index contributed by atoms with van der Waals surface area (Å²) in [5.74, 6) is 1.42. The van der Waals surface area contributed by atoms with Gasteiger partial charge in [0.15, 0.2) is 6.29 Å². The third kappa shape index (κ3) is 1.97. The molecule has 0 aliphatic carbocycles. The maximum Gasteiger partial charge on any atom is 0.152 e. The van der Waals surface area contributed by atoms with E-state index in [1.54, 1.807) is 0 Å². The third-order valence-corrected chi connectivity index (χ3v) is 3.64. The van der Waals surface area contributed by atoms with E-state index in [2.05, 4.69) is 30.9 Å². The minimum atomic E-state index is 0.709. The second kappa shape index (κ2) is 4.28. The number of benzene rings is 1. The van der Waals surface area contributed by atoms with Crippen LogP contribution in [0.3, 0.4) is 0 Å². The maximum atomic E-state index is 11.1. The number of aldehydes is 1. The van der Waals surface area contributed by atoms with Crippen molar-refractivity contribution < 1.29 is 4.79 Å². The molecule has 2 rings (SSSR count). The summed E-state index contributed by atoms with van der Waals surface area (Å²) in [5.41, 5.74) is 3.06. The maximum absolute atomic E-state index is 11.1. The summed E-state index contributed by atoms with van der Waals surface area (Å²) in [6.07, 6.45) is 0.968. The van der Waals surface area contributed by atoms with Crippen molar-refractivity contribution in [3.8, 4) is 0 Å². The van der Waals surface area contributed by atoms with Gasteiger partial charge < -0.3 is 4.90 Å². The minimum Gasteiger partial charge on any atom is -0.370 e. The van der Waals surface area contributed by atoms with Crippen LogP contribution in [0.4, 0.5) is 5.69 Å². The van der Waals surface area contributed by atoms with Crippen molar-refractivity contribution in [2.24, 2.45) is 11.8 Å². The largest absolute Gasteiger partial charge is 0.370 e. The summed E-state index contributed by atoms with van der Waals surface area (Å²) in [7, 11) is 0. The van der Waals surface area contributed by atoms with E-state index in [0.29, 0.717) is 11.8 Å². The molecule has 0 aromatic heterocycles. The first-order chi connectivity index (χ1) is 7.61. The van der Waals surface area contributed by atoms with Crippen LogP contribution in [0.5, 0.6) is 0 Å². The molecule has 0 bridgehead atoms. The zero-order valence-corrected chi connectivity index (χ0v) is 10.2. The van der Waals surface area contributed by atoms with Crippen LogP contribution >= 0.6 is 0 Å². The minimum absolute atomic E-state index is 0.709. The Balaban J connectivity index is 2.30. The lowest BCUT2D eigenvalue weighted by molar-refractivity contribution is 0.112. The van der Waals surface area contributed by atoms with E-state index in [1.165, 1.54) is 0 Å². The van der Waals surface area contributed by atoms with Gasteiger partial charge in [-0.3, -0.25) is 4.79 Å². The highest BCUT2D eigenvalue weighted by atomic mass is 16.1. The highest BCUT2D eigenvalue weighted by molar-refractivity contribution is 5.85. The number of carbonyl (C=O) groups is 1. The number of carbonyl (C=O) groups excluding carboxylic acids is 1.